The normalized spacial score (nSPS) is 27.7. The van der Waals surface area contributed by atoms with E-state index in [1.165, 1.54) is 6.42 Å². The molecule has 78 valence electrons. The Hall–Kier alpha value is -0.120. The van der Waals surface area contributed by atoms with Crippen LogP contribution in [0.3, 0.4) is 0 Å². The van der Waals surface area contributed by atoms with Crippen molar-refractivity contribution in [1.82, 2.24) is 5.32 Å². The van der Waals surface area contributed by atoms with Crippen molar-refractivity contribution in [3.63, 3.8) is 0 Å². The maximum Gasteiger partial charge on any atom is 0.0518 e. The minimum Gasteiger partial charge on any atom is -0.396 e. The number of hydrogen-bond acceptors (Lipinski definition) is 3. The molecule has 1 fully saturated rings. The molecule has 0 saturated heterocycles. The van der Waals surface area contributed by atoms with Crippen LogP contribution in [0.15, 0.2) is 0 Å². The maximum atomic E-state index is 9.02. The van der Waals surface area contributed by atoms with Crippen LogP contribution in [0.5, 0.6) is 0 Å². The van der Waals surface area contributed by atoms with E-state index < -0.39 is 0 Å². The van der Waals surface area contributed by atoms with E-state index in [9.17, 15) is 0 Å². The number of hydrogen-bond donors (Lipinski definition) is 3. The van der Waals surface area contributed by atoms with E-state index in [1.807, 2.05) is 6.92 Å². The van der Waals surface area contributed by atoms with Gasteiger partial charge in [0.2, 0.25) is 0 Å². The van der Waals surface area contributed by atoms with Gasteiger partial charge in [-0.3, -0.25) is 0 Å². The van der Waals surface area contributed by atoms with Gasteiger partial charge in [0, 0.05) is 12.0 Å². The van der Waals surface area contributed by atoms with Crippen LogP contribution in [0.4, 0.5) is 0 Å². The van der Waals surface area contributed by atoms with E-state index in [4.69, 9.17) is 10.2 Å². The summed E-state index contributed by atoms with van der Waals surface area (Å²) < 4.78 is 0. The SMILES string of the molecule is CC1CC1CNCC(C)(CO)CO. The van der Waals surface area contributed by atoms with Crippen LogP contribution < -0.4 is 5.32 Å². The summed E-state index contributed by atoms with van der Waals surface area (Å²) in [5.74, 6) is 1.68. The van der Waals surface area contributed by atoms with Gasteiger partial charge in [-0.2, -0.15) is 0 Å². The lowest BCUT2D eigenvalue weighted by atomic mass is 9.93. The molecule has 0 radical (unpaired) electrons. The molecule has 0 aromatic carbocycles. The summed E-state index contributed by atoms with van der Waals surface area (Å²) in [5.41, 5.74) is -0.363. The molecule has 3 nitrogen and oxygen atoms in total. The van der Waals surface area contributed by atoms with E-state index in [1.54, 1.807) is 0 Å². The summed E-state index contributed by atoms with van der Waals surface area (Å²) in [6.45, 7) is 5.94. The fourth-order valence-corrected chi connectivity index (χ4v) is 1.40. The first-order valence-electron chi connectivity index (χ1n) is 5.04. The monoisotopic (exact) mass is 187 g/mol. The zero-order chi connectivity index (χ0) is 9.90. The first-order chi connectivity index (χ1) is 6.11. The van der Waals surface area contributed by atoms with E-state index in [0.717, 1.165) is 18.4 Å². The molecule has 0 aromatic heterocycles. The Bertz CT molecular complexity index is 157. The van der Waals surface area contributed by atoms with Crippen LogP contribution >= 0.6 is 0 Å². The number of rotatable bonds is 6. The fraction of sp³-hybridized carbons (Fsp3) is 1.00. The predicted octanol–water partition coefficient (Wildman–Crippen LogP) is 0.223. The molecule has 0 spiro atoms. The highest BCUT2D eigenvalue weighted by atomic mass is 16.3. The van der Waals surface area contributed by atoms with Crippen LogP contribution in [0.25, 0.3) is 0 Å². The van der Waals surface area contributed by atoms with Crippen LogP contribution in [-0.2, 0) is 0 Å². The summed E-state index contributed by atoms with van der Waals surface area (Å²) in [6, 6.07) is 0. The molecule has 2 unspecified atom stereocenters. The van der Waals surface area contributed by atoms with Gasteiger partial charge >= 0.3 is 0 Å². The second-order valence-electron chi connectivity index (χ2n) is 4.73. The van der Waals surface area contributed by atoms with Crippen molar-refractivity contribution in [2.24, 2.45) is 17.3 Å². The van der Waals surface area contributed by atoms with Gasteiger partial charge in [-0.1, -0.05) is 13.8 Å². The lowest BCUT2D eigenvalue weighted by Gasteiger charge is -2.24. The summed E-state index contributed by atoms with van der Waals surface area (Å²) in [7, 11) is 0. The Labute approximate surface area is 80.2 Å². The standard InChI is InChI=1S/C10H21NO2/c1-8-3-9(8)4-11-5-10(2,6-12)7-13/h8-9,11-13H,3-7H2,1-2H3. The molecular weight excluding hydrogens is 166 g/mol. The second kappa shape index (κ2) is 4.40. The Morgan fingerprint density at radius 2 is 1.92 bits per heavy atom. The van der Waals surface area contributed by atoms with Gasteiger partial charge in [0.25, 0.3) is 0 Å². The summed E-state index contributed by atoms with van der Waals surface area (Å²) in [6.07, 6.45) is 1.32. The van der Waals surface area contributed by atoms with Crippen molar-refractivity contribution >= 4 is 0 Å². The zero-order valence-corrected chi connectivity index (χ0v) is 8.58. The van der Waals surface area contributed by atoms with Crippen molar-refractivity contribution in [3.05, 3.63) is 0 Å². The molecule has 2 atom stereocenters. The molecule has 1 rings (SSSR count). The molecule has 1 aliphatic carbocycles. The number of aliphatic hydroxyl groups excluding tert-OH is 2. The molecule has 1 saturated carbocycles. The topological polar surface area (TPSA) is 52.5 Å². The minimum absolute atomic E-state index is 0.0384. The van der Waals surface area contributed by atoms with E-state index >= 15 is 0 Å². The quantitative estimate of drug-likeness (QED) is 0.557. The molecule has 3 heteroatoms. The smallest absolute Gasteiger partial charge is 0.0518 e. The van der Waals surface area contributed by atoms with Crippen LogP contribution in [0, 0.1) is 17.3 Å². The van der Waals surface area contributed by atoms with Crippen LogP contribution in [-0.4, -0.2) is 36.5 Å². The van der Waals surface area contributed by atoms with Gasteiger partial charge in [0.15, 0.2) is 0 Å². The molecular formula is C10H21NO2. The summed E-state index contributed by atoms with van der Waals surface area (Å²) in [5, 5.41) is 21.3. The highest BCUT2D eigenvalue weighted by molar-refractivity contribution is 4.85. The molecule has 0 amide bonds. The Morgan fingerprint density at radius 1 is 1.38 bits per heavy atom. The minimum atomic E-state index is -0.363. The first-order valence-corrected chi connectivity index (χ1v) is 5.04. The van der Waals surface area contributed by atoms with Crippen LogP contribution in [0.2, 0.25) is 0 Å². The van der Waals surface area contributed by atoms with Crippen molar-refractivity contribution in [2.75, 3.05) is 26.3 Å². The van der Waals surface area contributed by atoms with Crippen LogP contribution in [0.1, 0.15) is 20.3 Å². The maximum absolute atomic E-state index is 9.02. The summed E-state index contributed by atoms with van der Waals surface area (Å²) in [4.78, 5) is 0. The molecule has 0 aliphatic heterocycles. The van der Waals surface area contributed by atoms with Crippen molar-refractivity contribution in [1.29, 1.82) is 0 Å². The van der Waals surface area contributed by atoms with E-state index in [-0.39, 0.29) is 18.6 Å². The van der Waals surface area contributed by atoms with Gasteiger partial charge in [-0.15, -0.1) is 0 Å². The molecule has 1 aliphatic rings. The third-order valence-corrected chi connectivity index (χ3v) is 3.00. The highest BCUT2D eigenvalue weighted by Gasteiger charge is 2.32. The van der Waals surface area contributed by atoms with E-state index in [2.05, 4.69) is 12.2 Å². The molecule has 0 heterocycles. The lowest BCUT2D eigenvalue weighted by molar-refractivity contribution is 0.0696. The van der Waals surface area contributed by atoms with Gasteiger partial charge in [-0.25, -0.2) is 0 Å². The van der Waals surface area contributed by atoms with Crippen molar-refractivity contribution in [3.8, 4) is 0 Å². The Kier molecular flexibility index (Phi) is 3.71. The lowest BCUT2D eigenvalue weighted by Crippen LogP contribution is -2.38. The predicted molar refractivity (Wildman–Crippen MR) is 52.4 cm³/mol. The molecule has 13 heavy (non-hydrogen) atoms. The first kappa shape index (κ1) is 11.0. The Balaban J connectivity index is 2.09. The third kappa shape index (κ3) is 3.25. The fourth-order valence-electron chi connectivity index (χ4n) is 1.40. The average Bonchev–Trinajstić information content (AvgIpc) is 2.82. The molecule has 0 aromatic rings. The van der Waals surface area contributed by atoms with Gasteiger partial charge in [0.1, 0.15) is 0 Å². The van der Waals surface area contributed by atoms with Crippen molar-refractivity contribution < 1.29 is 10.2 Å². The van der Waals surface area contributed by atoms with Crippen molar-refractivity contribution in [2.45, 2.75) is 20.3 Å². The number of nitrogens with one attached hydrogen (secondary N) is 1. The van der Waals surface area contributed by atoms with Gasteiger partial charge in [0.05, 0.1) is 13.2 Å². The third-order valence-electron chi connectivity index (χ3n) is 3.00. The van der Waals surface area contributed by atoms with Gasteiger partial charge < -0.3 is 15.5 Å². The average molecular weight is 187 g/mol. The summed E-state index contributed by atoms with van der Waals surface area (Å²) >= 11 is 0. The molecule has 3 N–H and O–H groups in total. The number of aliphatic hydroxyl groups is 2. The highest BCUT2D eigenvalue weighted by Crippen LogP contribution is 2.36. The zero-order valence-electron chi connectivity index (χ0n) is 8.58. The second-order valence-corrected chi connectivity index (χ2v) is 4.73. The Morgan fingerprint density at radius 3 is 2.31 bits per heavy atom. The van der Waals surface area contributed by atoms with Gasteiger partial charge in [-0.05, 0) is 24.8 Å². The largest absolute Gasteiger partial charge is 0.396 e. The van der Waals surface area contributed by atoms with E-state index in [0.29, 0.717) is 6.54 Å². The molecule has 0 bridgehead atoms.